The fraction of sp³-hybridized carbons (Fsp3) is 0.412. The summed E-state index contributed by atoms with van der Waals surface area (Å²) in [6, 6.07) is 8.24. The van der Waals surface area contributed by atoms with E-state index in [2.05, 4.69) is 27.2 Å². The Hall–Kier alpha value is -2.18. The van der Waals surface area contributed by atoms with Crippen molar-refractivity contribution >= 4 is 6.08 Å². The fourth-order valence-corrected chi connectivity index (χ4v) is 2.45. The van der Waals surface area contributed by atoms with Crippen LogP contribution < -0.4 is 0 Å². The molecule has 0 unspecified atom stereocenters. The molecular formula is C17H21N3O3. The van der Waals surface area contributed by atoms with Crippen molar-refractivity contribution in [3.63, 3.8) is 0 Å². The number of hydrogen-bond donors (Lipinski definition) is 0. The Balaban J connectivity index is 1.69. The third-order valence-electron chi connectivity index (χ3n) is 3.61. The van der Waals surface area contributed by atoms with Crippen LogP contribution in [0.25, 0.3) is 17.5 Å². The lowest BCUT2D eigenvalue weighted by Crippen LogP contribution is -2.35. The van der Waals surface area contributed by atoms with Gasteiger partial charge in [0.05, 0.1) is 26.1 Å². The van der Waals surface area contributed by atoms with Crippen LogP contribution in [0.5, 0.6) is 0 Å². The SMILES string of the molecule is CCOC=Cc1nc(-c2cccc(CN3CCOCC3)c2)no1. The molecule has 3 rings (SSSR count). The molecule has 2 heterocycles. The van der Waals surface area contributed by atoms with E-state index in [-0.39, 0.29) is 0 Å². The van der Waals surface area contributed by atoms with Crippen LogP contribution in [0.2, 0.25) is 0 Å². The summed E-state index contributed by atoms with van der Waals surface area (Å²) < 4.78 is 15.7. The van der Waals surface area contributed by atoms with Gasteiger partial charge in [0, 0.05) is 31.3 Å². The maximum absolute atomic E-state index is 5.38. The molecule has 0 saturated carbocycles. The molecule has 0 aliphatic carbocycles. The van der Waals surface area contributed by atoms with Gasteiger partial charge in [-0.05, 0) is 18.6 Å². The van der Waals surface area contributed by atoms with E-state index in [4.69, 9.17) is 14.0 Å². The minimum atomic E-state index is 0.437. The van der Waals surface area contributed by atoms with E-state index >= 15 is 0 Å². The van der Waals surface area contributed by atoms with Crippen molar-refractivity contribution in [1.82, 2.24) is 15.0 Å². The number of rotatable bonds is 6. The highest BCUT2D eigenvalue weighted by Crippen LogP contribution is 2.19. The lowest BCUT2D eigenvalue weighted by atomic mass is 10.1. The molecule has 122 valence electrons. The molecule has 0 radical (unpaired) electrons. The van der Waals surface area contributed by atoms with Crippen LogP contribution in [0.4, 0.5) is 0 Å². The zero-order valence-electron chi connectivity index (χ0n) is 13.3. The summed E-state index contributed by atoms with van der Waals surface area (Å²) in [5, 5.41) is 4.03. The van der Waals surface area contributed by atoms with E-state index in [1.165, 1.54) is 5.56 Å². The molecule has 1 saturated heterocycles. The van der Waals surface area contributed by atoms with Crippen LogP contribution in [-0.4, -0.2) is 48.0 Å². The molecule has 1 aromatic heterocycles. The minimum Gasteiger partial charge on any atom is -0.501 e. The molecule has 1 aliphatic rings. The van der Waals surface area contributed by atoms with E-state index in [9.17, 15) is 0 Å². The average Bonchev–Trinajstić information content (AvgIpc) is 3.05. The highest BCUT2D eigenvalue weighted by molar-refractivity contribution is 5.56. The van der Waals surface area contributed by atoms with Gasteiger partial charge in [0.25, 0.3) is 5.89 Å². The van der Waals surface area contributed by atoms with E-state index in [0.29, 0.717) is 18.3 Å². The number of benzene rings is 1. The second-order valence-electron chi connectivity index (χ2n) is 5.30. The van der Waals surface area contributed by atoms with E-state index in [1.807, 2.05) is 19.1 Å². The molecule has 0 bridgehead atoms. The van der Waals surface area contributed by atoms with Gasteiger partial charge < -0.3 is 14.0 Å². The van der Waals surface area contributed by atoms with Gasteiger partial charge in [-0.3, -0.25) is 4.90 Å². The number of ether oxygens (including phenoxy) is 2. The van der Waals surface area contributed by atoms with Crippen LogP contribution in [0.15, 0.2) is 35.1 Å². The zero-order valence-corrected chi connectivity index (χ0v) is 13.3. The predicted molar refractivity (Wildman–Crippen MR) is 86.5 cm³/mol. The first-order valence-electron chi connectivity index (χ1n) is 7.86. The van der Waals surface area contributed by atoms with Crippen molar-refractivity contribution < 1.29 is 14.0 Å². The summed E-state index contributed by atoms with van der Waals surface area (Å²) in [6.45, 7) is 6.99. The molecule has 0 N–H and O–H groups in total. The zero-order chi connectivity index (χ0) is 15.9. The Bertz CT molecular complexity index is 648. The second-order valence-corrected chi connectivity index (χ2v) is 5.30. The minimum absolute atomic E-state index is 0.437. The molecular weight excluding hydrogens is 294 g/mol. The Morgan fingerprint density at radius 1 is 1.30 bits per heavy atom. The normalized spacial score (nSPS) is 16.0. The summed E-state index contributed by atoms with van der Waals surface area (Å²) in [4.78, 5) is 6.75. The van der Waals surface area contributed by atoms with Gasteiger partial charge >= 0.3 is 0 Å². The molecule has 0 amide bonds. The molecule has 1 fully saturated rings. The first kappa shape index (κ1) is 15.7. The standard InChI is InChI=1S/C17H21N3O3/c1-2-21-9-6-16-18-17(19-23-16)15-5-3-4-14(12-15)13-20-7-10-22-11-8-20/h3-6,9,12H,2,7-8,10-11,13H2,1H3. The van der Waals surface area contributed by atoms with Gasteiger partial charge in [-0.2, -0.15) is 4.98 Å². The maximum atomic E-state index is 5.38. The summed E-state index contributed by atoms with van der Waals surface area (Å²) in [6.07, 6.45) is 3.23. The van der Waals surface area contributed by atoms with E-state index in [1.54, 1.807) is 12.3 Å². The van der Waals surface area contributed by atoms with Crippen molar-refractivity contribution in [2.24, 2.45) is 0 Å². The van der Waals surface area contributed by atoms with Crippen LogP contribution in [0.3, 0.4) is 0 Å². The average molecular weight is 315 g/mol. The largest absolute Gasteiger partial charge is 0.501 e. The van der Waals surface area contributed by atoms with Crippen molar-refractivity contribution in [2.45, 2.75) is 13.5 Å². The highest BCUT2D eigenvalue weighted by atomic mass is 16.5. The first-order valence-corrected chi connectivity index (χ1v) is 7.86. The quantitative estimate of drug-likeness (QED) is 0.764. The van der Waals surface area contributed by atoms with Gasteiger partial charge in [0.1, 0.15) is 0 Å². The van der Waals surface area contributed by atoms with Gasteiger partial charge in [-0.25, -0.2) is 0 Å². The van der Waals surface area contributed by atoms with E-state index in [0.717, 1.165) is 38.4 Å². The van der Waals surface area contributed by atoms with Gasteiger partial charge in [-0.15, -0.1) is 0 Å². The van der Waals surface area contributed by atoms with Crippen LogP contribution in [0.1, 0.15) is 18.4 Å². The van der Waals surface area contributed by atoms with Crippen molar-refractivity contribution in [1.29, 1.82) is 0 Å². The lowest BCUT2D eigenvalue weighted by Gasteiger charge is -2.26. The third-order valence-corrected chi connectivity index (χ3v) is 3.61. The van der Waals surface area contributed by atoms with Crippen molar-refractivity contribution in [3.8, 4) is 11.4 Å². The molecule has 1 aliphatic heterocycles. The summed E-state index contributed by atoms with van der Waals surface area (Å²) >= 11 is 0. The van der Waals surface area contributed by atoms with Crippen molar-refractivity contribution in [3.05, 3.63) is 42.0 Å². The Morgan fingerprint density at radius 2 is 2.17 bits per heavy atom. The summed E-state index contributed by atoms with van der Waals surface area (Å²) in [7, 11) is 0. The second kappa shape index (κ2) is 7.89. The van der Waals surface area contributed by atoms with Crippen LogP contribution in [-0.2, 0) is 16.0 Å². The molecule has 6 heteroatoms. The van der Waals surface area contributed by atoms with Crippen LogP contribution >= 0.6 is 0 Å². The van der Waals surface area contributed by atoms with Gasteiger partial charge in [0.15, 0.2) is 0 Å². The maximum Gasteiger partial charge on any atom is 0.254 e. The Kier molecular flexibility index (Phi) is 5.39. The topological polar surface area (TPSA) is 60.6 Å². The highest BCUT2D eigenvalue weighted by Gasteiger charge is 2.12. The molecule has 0 spiro atoms. The van der Waals surface area contributed by atoms with Gasteiger partial charge in [-0.1, -0.05) is 23.4 Å². The fourth-order valence-electron chi connectivity index (χ4n) is 2.45. The molecule has 23 heavy (non-hydrogen) atoms. The number of hydrogen-bond acceptors (Lipinski definition) is 6. The monoisotopic (exact) mass is 315 g/mol. The summed E-state index contributed by atoms with van der Waals surface area (Å²) in [5.74, 6) is 1.03. The van der Waals surface area contributed by atoms with Crippen LogP contribution in [0, 0.1) is 0 Å². The third kappa shape index (κ3) is 4.40. The number of morpholine rings is 1. The number of aromatic nitrogens is 2. The van der Waals surface area contributed by atoms with Gasteiger partial charge in [0.2, 0.25) is 5.82 Å². The molecule has 1 aromatic carbocycles. The Labute approximate surface area is 135 Å². The molecule has 6 nitrogen and oxygen atoms in total. The number of nitrogens with zero attached hydrogens (tertiary/aromatic N) is 3. The molecule has 0 atom stereocenters. The first-order chi connectivity index (χ1) is 11.3. The smallest absolute Gasteiger partial charge is 0.254 e. The predicted octanol–water partition coefficient (Wildman–Crippen LogP) is 2.58. The molecule has 2 aromatic rings. The lowest BCUT2D eigenvalue weighted by molar-refractivity contribution is 0.0342. The van der Waals surface area contributed by atoms with E-state index < -0.39 is 0 Å². The Morgan fingerprint density at radius 3 is 3.00 bits per heavy atom. The summed E-state index contributed by atoms with van der Waals surface area (Å²) in [5.41, 5.74) is 2.19. The van der Waals surface area contributed by atoms with Crippen molar-refractivity contribution in [2.75, 3.05) is 32.9 Å².